The molecule has 0 bridgehead atoms. The van der Waals surface area contributed by atoms with Gasteiger partial charge in [-0.1, -0.05) is 18.2 Å². The second kappa shape index (κ2) is 7.14. The molecule has 6 heteroatoms. The number of furan rings is 1. The van der Waals surface area contributed by atoms with Crippen LogP contribution in [0, 0.1) is 0 Å². The minimum absolute atomic E-state index is 0.149. The molecule has 21 heavy (non-hydrogen) atoms. The Bertz CT molecular complexity index is 606. The van der Waals surface area contributed by atoms with Crippen LogP contribution in [0.25, 0.3) is 0 Å². The van der Waals surface area contributed by atoms with E-state index in [1.54, 1.807) is 36.4 Å². The first-order valence-electron chi connectivity index (χ1n) is 6.36. The number of hydrogen-bond acceptors (Lipinski definition) is 4. The van der Waals surface area contributed by atoms with Gasteiger partial charge in [-0.05, 0) is 18.2 Å². The largest absolute Gasteiger partial charge is 0.483 e. The van der Waals surface area contributed by atoms with E-state index in [0.29, 0.717) is 17.1 Å². The van der Waals surface area contributed by atoms with Crippen molar-refractivity contribution in [2.75, 3.05) is 6.61 Å². The highest BCUT2D eigenvalue weighted by Gasteiger charge is 2.09. The number of aliphatic carboxylic acids is 1. The lowest BCUT2D eigenvalue weighted by atomic mass is 10.1. The number of carbonyl (C=O) groups excluding carboxylic acids is 1. The number of amides is 1. The van der Waals surface area contributed by atoms with Crippen molar-refractivity contribution in [2.45, 2.75) is 13.0 Å². The summed E-state index contributed by atoms with van der Waals surface area (Å²) in [4.78, 5) is 22.4. The zero-order chi connectivity index (χ0) is 15.1. The molecule has 2 N–H and O–H groups in total. The average Bonchev–Trinajstić information content (AvgIpc) is 2.97. The van der Waals surface area contributed by atoms with Crippen molar-refractivity contribution in [3.8, 4) is 5.75 Å². The summed E-state index contributed by atoms with van der Waals surface area (Å²) in [5.41, 5.74) is 0.531. The third kappa shape index (κ3) is 4.68. The maximum atomic E-state index is 11.7. The monoisotopic (exact) mass is 289 g/mol. The molecule has 0 aliphatic carbocycles. The van der Waals surface area contributed by atoms with Gasteiger partial charge in [0.25, 0.3) is 5.91 Å². The van der Waals surface area contributed by atoms with E-state index >= 15 is 0 Å². The van der Waals surface area contributed by atoms with E-state index in [2.05, 4.69) is 5.32 Å². The first-order chi connectivity index (χ1) is 10.1. The highest BCUT2D eigenvalue weighted by Crippen LogP contribution is 2.18. The number of rotatable bonds is 7. The first-order valence-corrected chi connectivity index (χ1v) is 6.36. The van der Waals surface area contributed by atoms with Crippen LogP contribution in [-0.2, 0) is 22.6 Å². The number of para-hydroxylation sites is 1. The van der Waals surface area contributed by atoms with Gasteiger partial charge in [-0.15, -0.1) is 0 Å². The molecule has 0 fully saturated rings. The second-order valence-corrected chi connectivity index (χ2v) is 4.32. The van der Waals surface area contributed by atoms with E-state index in [4.69, 9.17) is 14.3 Å². The highest BCUT2D eigenvalue weighted by molar-refractivity contribution is 5.77. The molecular weight excluding hydrogens is 274 g/mol. The fraction of sp³-hybridized carbons (Fsp3) is 0.200. The predicted octanol–water partition coefficient (Wildman–Crippen LogP) is 1.60. The van der Waals surface area contributed by atoms with Crippen molar-refractivity contribution in [2.24, 2.45) is 0 Å². The third-order valence-electron chi connectivity index (χ3n) is 2.71. The number of carboxylic acids is 1. The van der Waals surface area contributed by atoms with Crippen LogP contribution in [0.5, 0.6) is 5.75 Å². The van der Waals surface area contributed by atoms with Crippen LogP contribution in [-0.4, -0.2) is 23.6 Å². The van der Waals surface area contributed by atoms with Crippen LogP contribution in [0.4, 0.5) is 0 Å². The van der Waals surface area contributed by atoms with E-state index in [1.165, 1.54) is 6.26 Å². The summed E-state index contributed by atoms with van der Waals surface area (Å²) in [6.07, 6.45) is 1.38. The van der Waals surface area contributed by atoms with Crippen LogP contribution < -0.4 is 10.1 Å². The summed E-state index contributed by atoms with van der Waals surface area (Å²) >= 11 is 0. The predicted molar refractivity (Wildman–Crippen MR) is 73.8 cm³/mol. The molecule has 0 saturated carbocycles. The second-order valence-electron chi connectivity index (χ2n) is 4.32. The van der Waals surface area contributed by atoms with Gasteiger partial charge in [-0.3, -0.25) is 9.59 Å². The molecule has 0 spiro atoms. The number of hydrogen-bond donors (Lipinski definition) is 2. The summed E-state index contributed by atoms with van der Waals surface area (Å²) in [6.45, 7) is 0.101. The van der Waals surface area contributed by atoms with Crippen molar-refractivity contribution < 1.29 is 23.8 Å². The maximum Gasteiger partial charge on any atom is 0.307 e. The van der Waals surface area contributed by atoms with Crippen molar-refractivity contribution in [1.29, 1.82) is 0 Å². The zero-order valence-corrected chi connectivity index (χ0v) is 11.2. The summed E-state index contributed by atoms with van der Waals surface area (Å²) in [6, 6.07) is 10.2. The smallest absolute Gasteiger partial charge is 0.307 e. The lowest BCUT2D eigenvalue weighted by molar-refractivity contribution is -0.136. The van der Waals surface area contributed by atoms with Gasteiger partial charge in [0.2, 0.25) is 0 Å². The molecular formula is C15H15NO5. The van der Waals surface area contributed by atoms with Crippen LogP contribution in [0.3, 0.4) is 0 Å². The summed E-state index contributed by atoms with van der Waals surface area (Å²) in [5.74, 6) is -0.215. The molecule has 6 nitrogen and oxygen atoms in total. The Hall–Kier alpha value is -2.76. The lowest BCUT2D eigenvalue weighted by Crippen LogP contribution is -2.28. The molecule has 0 saturated heterocycles. The first kappa shape index (κ1) is 14.6. The Morgan fingerprint density at radius 2 is 2.00 bits per heavy atom. The molecule has 1 heterocycles. The quantitative estimate of drug-likeness (QED) is 0.808. The van der Waals surface area contributed by atoms with Gasteiger partial charge in [-0.2, -0.15) is 0 Å². The molecule has 110 valence electrons. The zero-order valence-electron chi connectivity index (χ0n) is 11.2. The average molecular weight is 289 g/mol. The highest BCUT2D eigenvalue weighted by atomic mass is 16.5. The molecule has 1 aromatic heterocycles. The van der Waals surface area contributed by atoms with Crippen molar-refractivity contribution in [3.05, 3.63) is 54.0 Å². The van der Waals surface area contributed by atoms with Gasteiger partial charge in [0.05, 0.1) is 19.2 Å². The number of carboxylic acid groups (broad SMARTS) is 1. The van der Waals surface area contributed by atoms with Crippen LogP contribution >= 0.6 is 0 Å². The van der Waals surface area contributed by atoms with E-state index in [0.717, 1.165) is 0 Å². The molecule has 2 rings (SSSR count). The van der Waals surface area contributed by atoms with E-state index in [-0.39, 0.29) is 25.5 Å². The molecule has 0 unspecified atom stereocenters. The number of nitrogens with one attached hydrogen (secondary N) is 1. The fourth-order valence-electron chi connectivity index (χ4n) is 1.75. The third-order valence-corrected chi connectivity index (χ3v) is 2.71. The summed E-state index contributed by atoms with van der Waals surface area (Å²) in [5, 5.41) is 11.5. The minimum atomic E-state index is -0.951. The van der Waals surface area contributed by atoms with Gasteiger partial charge in [0, 0.05) is 5.56 Å². The van der Waals surface area contributed by atoms with Crippen LogP contribution in [0.2, 0.25) is 0 Å². The summed E-state index contributed by atoms with van der Waals surface area (Å²) in [7, 11) is 0. The number of ether oxygens (including phenoxy) is 1. The number of carbonyl (C=O) groups is 2. The topological polar surface area (TPSA) is 88.8 Å². The molecule has 2 aromatic rings. The molecule has 0 atom stereocenters. The van der Waals surface area contributed by atoms with Crippen LogP contribution in [0.1, 0.15) is 11.3 Å². The molecule has 0 radical (unpaired) electrons. The Morgan fingerprint density at radius 1 is 1.19 bits per heavy atom. The van der Waals surface area contributed by atoms with Crippen molar-refractivity contribution >= 4 is 11.9 Å². The maximum absolute atomic E-state index is 11.7. The fourth-order valence-corrected chi connectivity index (χ4v) is 1.75. The standard InChI is InChI=1S/C15H15NO5/c17-14(16-9-12-5-3-7-20-12)10-21-13-6-2-1-4-11(13)8-15(18)19/h1-7H,8-10H2,(H,16,17)(H,18,19). The normalized spacial score (nSPS) is 10.1. The lowest BCUT2D eigenvalue weighted by Gasteiger charge is -2.10. The number of benzene rings is 1. The van der Waals surface area contributed by atoms with Gasteiger partial charge in [-0.25, -0.2) is 0 Å². The Morgan fingerprint density at radius 3 is 2.71 bits per heavy atom. The minimum Gasteiger partial charge on any atom is -0.483 e. The van der Waals surface area contributed by atoms with Crippen molar-refractivity contribution in [1.82, 2.24) is 5.32 Å². The molecule has 1 aromatic carbocycles. The van der Waals surface area contributed by atoms with Gasteiger partial charge >= 0.3 is 5.97 Å². The van der Waals surface area contributed by atoms with Crippen LogP contribution in [0.15, 0.2) is 47.1 Å². The molecule has 0 aliphatic heterocycles. The van der Waals surface area contributed by atoms with Crippen molar-refractivity contribution in [3.63, 3.8) is 0 Å². The molecule has 0 aliphatic rings. The Balaban J connectivity index is 1.84. The van der Waals surface area contributed by atoms with E-state index < -0.39 is 5.97 Å². The SMILES string of the molecule is O=C(O)Cc1ccccc1OCC(=O)NCc1ccco1. The van der Waals surface area contributed by atoms with Gasteiger partial charge in [0.1, 0.15) is 11.5 Å². The molecule has 1 amide bonds. The van der Waals surface area contributed by atoms with Gasteiger partial charge < -0.3 is 19.6 Å². The van der Waals surface area contributed by atoms with E-state index in [9.17, 15) is 9.59 Å². The Labute approximate surface area is 121 Å². The van der Waals surface area contributed by atoms with Gasteiger partial charge in [0.15, 0.2) is 6.61 Å². The Kier molecular flexibility index (Phi) is 4.98. The van der Waals surface area contributed by atoms with E-state index in [1.807, 2.05) is 0 Å². The summed E-state index contributed by atoms with van der Waals surface area (Å²) < 4.78 is 10.5.